The largest absolute Gasteiger partial charge is 0.748 e. The molecule has 1 aromatic heterocycles. The molecule has 2 aromatic carbocycles. The number of aromatic nitrogens is 1. The summed E-state index contributed by atoms with van der Waals surface area (Å²) in [5, 5.41) is 1.22. The average molecular weight is 876 g/mol. The normalized spacial score (nSPS) is 26.6. The first-order valence-corrected chi connectivity index (χ1v) is 24.7. The number of nitrogens with zero attached hydrogens (tertiary/aromatic N) is 2. The van der Waals surface area contributed by atoms with Crippen molar-refractivity contribution in [2.75, 3.05) is 29.6 Å². The number of halogens is 2. The third kappa shape index (κ3) is 8.88. The van der Waals surface area contributed by atoms with Crippen LogP contribution in [0.15, 0.2) is 69.6 Å². The summed E-state index contributed by atoms with van der Waals surface area (Å²) in [7, 11) is -9.09. The lowest BCUT2D eigenvalue weighted by molar-refractivity contribution is -0.668. The predicted molar refractivity (Wildman–Crippen MR) is 214 cm³/mol. The molecule has 4 unspecified atom stereocenters. The maximum atomic E-state index is 14.0. The Hall–Kier alpha value is -1.57. The third-order valence-electron chi connectivity index (χ3n) is 9.75. The van der Waals surface area contributed by atoms with E-state index in [-0.39, 0.29) is 35.3 Å². The second-order valence-corrected chi connectivity index (χ2v) is 21.9. The number of allylic oxidation sites excluding steroid dienone is 4. The summed E-state index contributed by atoms with van der Waals surface area (Å²) in [6, 6.07) is 10.8. The first kappa shape index (κ1) is 39.7. The molecule has 53 heavy (non-hydrogen) atoms. The molecule has 0 radical (unpaired) electrons. The van der Waals surface area contributed by atoms with Gasteiger partial charge in [-0.3, -0.25) is 4.79 Å². The lowest BCUT2D eigenvalue weighted by atomic mass is 9.85. The molecular weight excluding hydrogens is 840 g/mol. The topological polar surface area (TPSA) is 145 Å². The van der Waals surface area contributed by atoms with Gasteiger partial charge < -0.3 is 13.8 Å². The number of thiazole rings is 1. The number of esters is 1. The van der Waals surface area contributed by atoms with E-state index in [0.717, 1.165) is 61.4 Å². The summed E-state index contributed by atoms with van der Waals surface area (Å²) < 4.78 is 81.1. The van der Waals surface area contributed by atoms with Gasteiger partial charge in [-0.15, -0.1) is 11.8 Å². The van der Waals surface area contributed by atoms with Gasteiger partial charge in [0.1, 0.15) is 10.1 Å². The first-order valence-electron chi connectivity index (χ1n) is 17.1. The minimum absolute atomic E-state index is 0.107. The molecule has 4 atom stereocenters. The number of benzene rings is 2. The zero-order valence-electron chi connectivity index (χ0n) is 28.3. The maximum Gasteiger partial charge on any atom is 0.310 e. The van der Waals surface area contributed by atoms with Crippen molar-refractivity contribution in [3.05, 3.63) is 79.8 Å². The van der Waals surface area contributed by atoms with Crippen LogP contribution in [0.2, 0.25) is 10.0 Å². The van der Waals surface area contributed by atoms with E-state index in [1.165, 1.54) is 23.1 Å². The fourth-order valence-corrected chi connectivity index (χ4v) is 14.1. The molecule has 18 heteroatoms. The molecule has 3 aromatic rings. The number of aryl methyl sites for hydroxylation is 1. The van der Waals surface area contributed by atoms with Crippen LogP contribution in [0.25, 0.3) is 16.3 Å². The molecule has 2 saturated heterocycles. The summed E-state index contributed by atoms with van der Waals surface area (Å²) in [4.78, 5) is 14.8. The molecule has 1 aliphatic carbocycles. The Bertz CT molecular complexity index is 2250. The number of hydrogen-bond acceptors (Lipinski definition) is 12. The average Bonchev–Trinajstić information content (AvgIpc) is 3.54. The molecule has 2 fully saturated rings. The second-order valence-electron chi connectivity index (χ2n) is 13.4. The van der Waals surface area contributed by atoms with Crippen molar-refractivity contribution in [1.82, 2.24) is 4.48 Å². The van der Waals surface area contributed by atoms with Gasteiger partial charge in [-0.05, 0) is 83.7 Å². The van der Waals surface area contributed by atoms with Crippen molar-refractivity contribution in [1.29, 1.82) is 0 Å². The van der Waals surface area contributed by atoms with E-state index in [9.17, 15) is 30.7 Å². The van der Waals surface area contributed by atoms with Gasteiger partial charge in [0.15, 0.2) is 32.8 Å². The highest BCUT2D eigenvalue weighted by molar-refractivity contribution is 8.03. The van der Waals surface area contributed by atoms with Gasteiger partial charge in [-0.2, -0.15) is 16.3 Å². The van der Waals surface area contributed by atoms with E-state index in [1.54, 1.807) is 36.0 Å². The smallest absolute Gasteiger partial charge is 0.310 e. The Morgan fingerprint density at radius 3 is 2.55 bits per heavy atom. The maximum absolute atomic E-state index is 14.0. The van der Waals surface area contributed by atoms with Crippen LogP contribution < -0.4 is 9.05 Å². The number of quaternary nitrogens is 1. The zero-order valence-corrected chi connectivity index (χ0v) is 34.7. The third-order valence-corrected chi connectivity index (χ3v) is 16.9. The zero-order chi connectivity index (χ0) is 37.5. The molecule has 284 valence electrons. The highest BCUT2D eigenvalue weighted by Gasteiger charge is 2.59. The Morgan fingerprint density at radius 2 is 1.79 bits per heavy atom. The summed E-state index contributed by atoms with van der Waals surface area (Å²) in [6.45, 7) is 0.673. The Labute approximate surface area is 336 Å². The highest BCUT2D eigenvalue weighted by Crippen LogP contribution is 2.58. The van der Waals surface area contributed by atoms with Gasteiger partial charge >= 0.3 is 5.97 Å². The van der Waals surface area contributed by atoms with Crippen LogP contribution >= 0.6 is 69.8 Å². The first-order chi connectivity index (χ1) is 25.2. The van der Waals surface area contributed by atoms with Gasteiger partial charge in [0.05, 0.1) is 33.9 Å². The monoisotopic (exact) mass is 874 g/mol. The van der Waals surface area contributed by atoms with Crippen LogP contribution in [0.5, 0.6) is 0 Å². The molecule has 4 heterocycles. The van der Waals surface area contributed by atoms with Crippen molar-refractivity contribution in [3.8, 4) is 0 Å². The predicted octanol–water partition coefficient (Wildman–Crippen LogP) is 7.51. The van der Waals surface area contributed by atoms with Crippen LogP contribution in [0.1, 0.15) is 43.5 Å². The van der Waals surface area contributed by atoms with E-state index in [4.69, 9.17) is 27.9 Å². The number of rotatable bonds is 9. The van der Waals surface area contributed by atoms with Gasteiger partial charge in [0.2, 0.25) is 5.52 Å². The quantitative estimate of drug-likeness (QED) is 0.0912. The van der Waals surface area contributed by atoms with E-state index in [1.807, 2.05) is 46.7 Å². The van der Waals surface area contributed by atoms with Crippen molar-refractivity contribution >= 4 is 118 Å². The molecule has 3 aliphatic heterocycles. The SMILES string of the molecule is O=C(OC1CCSCCCS1)C1CC(C=C2Sc3ccc(Cl)cc3[N+]23CCC3S(=O)(=O)[O-])=CC(=Cc2sc3ccc(Cl)cc3[n+]2CCCS(=O)(=O)[O-])C1. The van der Waals surface area contributed by atoms with Crippen LogP contribution in [0.4, 0.5) is 5.69 Å². The van der Waals surface area contributed by atoms with Crippen LogP contribution in [0, 0.1) is 5.92 Å². The second kappa shape index (κ2) is 16.1. The van der Waals surface area contributed by atoms with Crippen molar-refractivity contribution < 1.29 is 40.0 Å². The fourth-order valence-electron chi connectivity index (χ4n) is 7.28. The van der Waals surface area contributed by atoms with Crippen LogP contribution in [-0.2, 0) is 36.3 Å². The number of carbonyl (C=O) groups excluding carboxylic acids is 1. The Balaban J connectivity index is 1.29. The molecule has 0 bridgehead atoms. The van der Waals surface area contributed by atoms with Crippen molar-refractivity contribution in [3.63, 3.8) is 0 Å². The van der Waals surface area contributed by atoms with Crippen LogP contribution in [-0.4, -0.2) is 72.3 Å². The minimum Gasteiger partial charge on any atom is -0.748 e. The highest BCUT2D eigenvalue weighted by atomic mass is 35.5. The summed E-state index contributed by atoms with van der Waals surface area (Å²) in [6.07, 6.45) is 8.74. The summed E-state index contributed by atoms with van der Waals surface area (Å²) in [5.74, 6) is 1.56. The van der Waals surface area contributed by atoms with Gasteiger partial charge in [0, 0.05) is 52.9 Å². The van der Waals surface area contributed by atoms with Gasteiger partial charge in [-0.25, -0.2) is 21.3 Å². The van der Waals surface area contributed by atoms with E-state index >= 15 is 0 Å². The number of ether oxygens (including phenoxy) is 1. The number of fused-ring (bicyclic) bond motifs is 3. The van der Waals surface area contributed by atoms with Crippen molar-refractivity contribution in [2.45, 2.75) is 60.8 Å². The van der Waals surface area contributed by atoms with Crippen LogP contribution in [0.3, 0.4) is 0 Å². The standard InChI is InChI=1S/C35H36Cl2N2O8S6/c36-25-3-5-29-27(20-25)38(9-1-14-52(41,42)43)31(50-29)18-22-15-23(17-24(16-22)35(40)47-34-8-13-48-11-2-12-49-34)19-32-39(10-7-33(39)53(44,45)46)28-21-26(37)4-6-30(28)51-32/h3-6,15,18-21,24,33-34H,1-2,7-14,16-17H2. The lowest BCUT2D eigenvalue weighted by Gasteiger charge is -2.49. The van der Waals surface area contributed by atoms with E-state index < -0.39 is 37.3 Å². The van der Waals surface area contributed by atoms with Gasteiger partial charge in [0.25, 0.3) is 5.01 Å². The number of thioether (sulfide) groups is 3. The Morgan fingerprint density at radius 1 is 1.00 bits per heavy atom. The molecule has 10 nitrogen and oxygen atoms in total. The minimum atomic E-state index is -4.67. The molecule has 0 saturated carbocycles. The summed E-state index contributed by atoms with van der Waals surface area (Å²) in [5.41, 5.74) is 2.83. The van der Waals surface area contributed by atoms with Crippen molar-refractivity contribution in [2.24, 2.45) is 5.92 Å². The fraction of sp³-hybridized carbons (Fsp3) is 0.429. The molecule has 4 aliphatic rings. The Kier molecular flexibility index (Phi) is 12.1. The number of carbonyl (C=O) groups is 1. The summed E-state index contributed by atoms with van der Waals surface area (Å²) >= 11 is 19.2. The van der Waals surface area contributed by atoms with Gasteiger partial charge in [-0.1, -0.05) is 40.6 Å². The number of hydrogen-bond donors (Lipinski definition) is 0. The lowest BCUT2D eigenvalue weighted by Crippen LogP contribution is -2.66. The molecule has 7 rings (SSSR count). The molecule has 1 spiro atoms. The molecule has 0 N–H and O–H groups in total. The van der Waals surface area contributed by atoms with E-state index in [0.29, 0.717) is 40.1 Å². The molecular formula is C35H36Cl2N2O8S6. The molecule has 0 amide bonds. The van der Waals surface area contributed by atoms with E-state index in [2.05, 4.69) is 0 Å².